The number of alkyl halides is 3. The molecule has 0 radical (unpaired) electrons. The minimum Gasteiger partial charge on any atom is -0.480 e. The van der Waals surface area contributed by atoms with Gasteiger partial charge < -0.3 is 28.8 Å². The number of imidazole rings is 1. The average molecular weight is 699 g/mol. The summed E-state index contributed by atoms with van der Waals surface area (Å²) in [5, 5.41) is 10.6. The molecule has 2 aliphatic heterocycles. The molecule has 2 saturated heterocycles. The SMILES string of the molecule is C[C@H]1CN(C(=O)OC(C)(C)C)CC[C@@H]1n1c(O[C@H]2C[C@@H](C(=O)O)N(c3nc(C(F)(F)F)nc4c3oc3ccccc34)C2)nc2ccc(F)cc21. The highest BCUT2D eigenvalue weighted by Gasteiger charge is 2.44. The number of fused-ring (bicyclic) bond motifs is 4. The van der Waals surface area contributed by atoms with Gasteiger partial charge in [0.1, 0.15) is 34.7 Å². The molecule has 5 heterocycles. The van der Waals surface area contributed by atoms with Gasteiger partial charge in [-0.25, -0.2) is 23.9 Å². The fourth-order valence-electron chi connectivity index (χ4n) is 6.85. The zero-order valence-corrected chi connectivity index (χ0v) is 27.6. The second kappa shape index (κ2) is 12.0. The topological polar surface area (TPSA) is 136 Å². The highest BCUT2D eigenvalue weighted by molar-refractivity contribution is 6.06. The first-order valence-corrected chi connectivity index (χ1v) is 16.2. The lowest BCUT2D eigenvalue weighted by molar-refractivity contribution is -0.144. The minimum absolute atomic E-state index is 0.0839. The van der Waals surface area contributed by atoms with Gasteiger partial charge in [0.25, 0.3) is 6.01 Å². The first kappa shape index (κ1) is 33.4. The Labute approximate surface area is 282 Å². The van der Waals surface area contributed by atoms with Crippen LogP contribution in [0.25, 0.3) is 33.1 Å². The number of aromatic nitrogens is 4. The van der Waals surface area contributed by atoms with Crippen LogP contribution < -0.4 is 9.64 Å². The highest BCUT2D eigenvalue weighted by atomic mass is 19.4. The van der Waals surface area contributed by atoms with Gasteiger partial charge in [0, 0.05) is 30.9 Å². The number of rotatable bonds is 5. The van der Waals surface area contributed by atoms with Gasteiger partial charge in [-0.05, 0) is 63.4 Å². The second-order valence-electron chi connectivity index (χ2n) is 13.8. The molecule has 12 nitrogen and oxygen atoms in total. The molecule has 0 saturated carbocycles. The Morgan fingerprint density at radius 3 is 2.50 bits per heavy atom. The third-order valence-electron chi connectivity index (χ3n) is 9.01. The number of nitrogens with zero attached hydrogens (tertiary/aromatic N) is 6. The summed E-state index contributed by atoms with van der Waals surface area (Å²) in [4.78, 5) is 40.4. The number of benzene rings is 2. The number of para-hydroxylation sites is 1. The number of furan rings is 1. The molecule has 16 heteroatoms. The summed E-state index contributed by atoms with van der Waals surface area (Å²) in [7, 11) is 0. The number of halogens is 4. The third kappa shape index (κ3) is 6.11. The normalized spacial score (nSPS) is 21.8. The number of carboxylic acid groups (broad SMARTS) is 1. The minimum atomic E-state index is -4.93. The molecule has 7 rings (SSSR count). The van der Waals surface area contributed by atoms with Crippen LogP contribution >= 0.6 is 0 Å². The molecule has 4 atom stereocenters. The number of hydrogen-bond acceptors (Lipinski definition) is 9. The maximum atomic E-state index is 14.6. The lowest BCUT2D eigenvalue weighted by atomic mass is 9.93. The first-order valence-electron chi connectivity index (χ1n) is 16.2. The second-order valence-corrected chi connectivity index (χ2v) is 13.8. The van der Waals surface area contributed by atoms with E-state index in [9.17, 15) is 32.3 Å². The number of carboxylic acids is 1. The molecule has 264 valence electrons. The quantitative estimate of drug-likeness (QED) is 0.195. The Bertz CT molecular complexity index is 2120. The summed E-state index contributed by atoms with van der Waals surface area (Å²) in [6, 6.07) is 9.00. The van der Waals surface area contributed by atoms with Crippen molar-refractivity contribution in [2.75, 3.05) is 24.5 Å². The Morgan fingerprint density at radius 2 is 1.80 bits per heavy atom. The van der Waals surface area contributed by atoms with Crippen molar-refractivity contribution >= 4 is 51.0 Å². The van der Waals surface area contributed by atoms with E-state index in [0.717, 1.165) is 0 Å². The zero-order chi connectivity index (χ0) is 35.7. The van der Waals surface area contributed by atoms with Gasteiger partial charge in [-0.15, -0.1) is 0 Å². The van der Waals surface area contributed by atoms with Gasteiger partial charge in [0.2, 0.25) is 5.82 Å². The average Bonchev–Trinajstić information content (AvgIpc) is 3.73. The standard InChI is InChI=1S/C34H34F4N6O6/c1-17-15-42(32(47)50-33(2,3)4)12-11-22(17)44-23-13-18(35)9-10-21(23)39-31(44)48-19-14-24(29(45)46)43(16-19)28-27-26(40-30(41-28)34(36,37)38)20-7-5-6-8-25(20)49-27/h5-10,13,17,19,22,24H,11-12,14-16H2,1-4H3,(H,45,46)/t17-,19-,22-,24-/m0/s1. The smallest absolute Gasteiger partial charge is 0.451 e. The van der Waals surface area contributed by atoms with Crippen molar-refractivity contribution < 1.29 is 46.1 Å². The predicted molar refractivity (Wildman–Crippen MR) is 172 cm³/mol. The fraction of sp³-hybridized carbons (Fsp3) is 0.441. The first-order chi connectivity index (χ1) is 23.6. The molecule has 0 bridgehead atoms. The predicted octanol–water partition coefficient (Wildman–Crippen LogP) is 6.81. The lowest BCUT2D eigenvalue weighted by Crippen LogP contribution is -2.45. The largest absolute Gasteiger partial charge is 0.480 e. The van der Waals surface area contributed by atoms with Crippen LogP contribution in [0, 0.1) is 11.7 Å². The molecule has 50 heavy (non-hydrogen) atoms. The number of aliphatic carboxylic acids is 1. The zero-order valence-electron chi connectivity index (χ0n) is 27.6. The molecular formula is C34H34F4N6O6. The van der Waals surface area contributed by atoms with E-state index in [1.165, 1.54) is 23.1 Å². The van der Waals surface area contributed by atoms with Crippen molar-refractivity contribution in [2.45, 2.75) is 70.5 Å². The van der Waals surface area contributed by atoms with E-state index in [1.54, 1.807) is 54.5 Å². The number of amides is 1. The fourth-order valence-corrected chi connectivity index (χ4v) is 6.85. The molecule has 1 N–H and O–H groups in total. The van der Waals surface area contributed by atoms with Crippen LogP contribution in [0.4, 0.5) is 28.2 Å². The van der Waals surface area contributed by atoms with E-state index in [4.69, 9.17) is 13.9 Å². The Morgan fingerprint density at radius 1 is 1.04 bits per heavy atom. The monoisotopic (exact) mass is 698 g/mol. The number of carbonyl (C=O) groups is 2. The molecule has 2 aromatic carbocycles. The van der Waals surface area contributed by atoms with E-state index in [-0.39, 0.29) is 53.4 Å². The summed E-state index contributed by atoms with van der Waals surface area (Å²) in [5.41, 5.74) is 0.296. The van der Waals surface area contributed by atoms with Crippen LogP contribution in [0.15, 0.2) is 46.9 Å². The number of ether oxygens (including phenoxy) is 2. The maximum Gasteiger partial charge on any atom is 0.451 e. The van der Waals surface area contributed by atoms with Gasteiger partial charge in [-0.2, -0.15) is 18.2 Å². The van der Waals surface area contributed by atoms with Crippen LogP contribution in [0.2, 0.25) is 0 Å². The molecule has 0 aliphatic carbocycles. The van der Waals surface area contributed by atoms with E-state index >= 15 is 0 Å². The maximum absolute atomic E-state index is 14.6. The summed E-state index contributed by atoms with van der Waals surface area (Å²) < 4.78 is 76.4. The molecule has 2 aliphatic rings. The number of anilines is 1. The molecule has 1 amide bonds. The number of likely N-dealkylation sites (tertiary alicyclic amines) is 1. The number of carbonyl (C=O) groups excluding carboxylic acids is 1. The van der Waals surface area contributed by atoms with E-state index in [2.05, 4.69) is 15.0 Å². The van der Waals surface area contributed by atoms with Crippen molar-refractivity contribution in [1.29, 1.82) is 0 Å². The Hall–Kier alpha value is -5.15. The number of piperidine rings is 1. The van der Waals surface area contributed by atoms with Crippen LogP contribution in [0.5, 0.6) is 6.01 Å². The van der Waals surface area contributed by atoms with Crippen LogP contribution in [-0.4, -0.2) is 79.0 Å². The molecular weight excluding hydrogens is 664 g/mol. The van der Waals surface area contributed by atoms with Gasteiger partial charge in [0.05, 0.1) is 17.6 Å². The van der Waals surface area contributed by atoms with E-state index in [1.807, 2.05) is 6.92 Å². The molecule has 3 aromatic heterocycles. The van der Waals surface area contributed by atoms with Gasteiger partial charge in [0.15, 0.2) is 11.4 Å². The molecule has 0 spiro atoms. The molecule has 5 aromatic rings. The highest BCUT2D eigenvalue weighted by Crippen LogP contribution is 2.41. The Balaban J connectivity index is 1.24. The molecule has 0 unspecified atom stereocenters. The summed E-state index contributed by atoms with van der Waals surface area (Å²) in [6.07, 6.45) is -5.92. The van der Waals surface area contributed by atoms with Crippen molar-refractivity contribution in [3.8, 4) is 6.01 Å². The summed E-state index contributed by atoms with van der Waals surface area (Å²) >= 11 is 0. The van der Waals surface area contributed by atoms with Crippen molar-refractivity contribution in [1.82, 2.24) is 24.4 Å². The van der Waals surface area contributed by atoms with Gasteiger partial charge in [-0.1, -0.05) is 19.1 Å². The molecule has 2 fully saturated rings. The lowest BCUT2D eigenvalue weighted by Gasteiger charge is -2.38. The van der Waals surface area contributed by atoms with E-state index < -0.39 is 47.6 Å². The van der Waals surface area contributed by atoms with Crippen molar-refractivity contribution in [3.63, 3.8) is 0 Å². The van der Waals surface area contributed by atoms with Crippen molar-refractivity contribution in [3.05, 3.63) is 54.1 Å². The summed E-state index contributed by atoms with van der Waals surface area (Å²) in [6.45, 7) is 7.82. The van der Waals surface area contributed by atoms with Crippen molar-refractivity contribution in [2.24, 2.45) is 5.92 Å². The Kier molecular flexibility index (Phi) is 8.02. The van der Waals surface area contributed by atoms with Crippen LogP contribution in [0.3, 0.4) is 0 Å². The van der Waals surface area contributed by atoms with Gasteiger partial charge >= 0.3 is 18.2 Å². The van der Waals surface area contributed by atoms with Crippen LogP contribution in [0.1, 0.15) is 52.4 Å². The number of hydrogen-bond donors (Lipinski definition) is 1. The summed E-state index contributed by atoms with van der Waals surface area (Å²) in [5.74, 6) is -3.71. The van der Waals surface area contributed by atoms with Gasteiger partial charge in [-0.3, -0.25) is 4.57 Å². The third-order valence-corrected chi connectivity index (χ3v) is 9.01. The van der Waals surface area contributed by atoms with Crippen LogP contribution in [-0.2, 0) is 15.7 Å². The van der Waals surface area contributed by atoms with E-state index in [0.29, 0.717) is 35.9 Å².